The van der Waals surface area contributed by atoms with Crippen LogP contribution in [0.25, 0.3) is 0 Å². The average molecular weight is 461 g/mol. The molecule has 32 heavy (non-hydrogen) atoms. The quantitative estimate of drug-likeness (QED) is 0.756. The largest absolute Gasteiger partial charge is 0.322 e. The average Bonchev–Trinajstić information content (AvgIpc) is 3.20. The molecule has 0 spiro atoms. The fourth-order valence-electron chi connectivity index (χ4n) is 4.40. The van der Waals surface area contributed by atoms with E-state index in [1.165, 1.54) is 0 Å². The van der Waals surface area contributed by atoms with Crippen LogP contribution in [0.5, 0.6) is 0 Å². The van der Waals surface area contributed by atoms with Gasteiger partial charge in [-0.25, -0.2) is 17.5 Å². The maximum absolute atomic E-state index is 12.8. The van der Waals surface area contributed by atoms with Crippen LogP contribution < -0.4 is 5.32 Å². The number of aryl methyl sites for hydroxylation is 1. The lowest BCUT2D eigenvalue weighted by Gasteiger charge is -2.33. The number of nitrogens with one attached hydrogen (secondary N) is 1. The summed E-state index contributed by atoms with van der Waals surface area (Å²) in [5, 5.41) is 11.4. The van der Waals surface area contributed by atoms with E-state index in [0.717, 1.165) is 41.3 Å². The number of sulfonamides is 1. The van der Waals surface area contributed by atoms with Crippen molar-refractivity contribution in [3.8, 4) is 0 Å². The Hall–Kier alpha value is -2.46. The third-order valence-corrected chi connectivity index (χ3v) is 8.97. The standard InChI is InChI=1S/C22H32N6O3S/c1-15(2)32(30,31)27-10-8-18(9-11-27)21-25-24-20-14-26(12-13-28(20)21)22(29)23-19-7-5-6-16(3)17(19)4/h5-7,15,18H,8-14H2,1-4H3,(H,23,29). The van der Waals surface area contributed by atoms with Gasteiger partial charge in [0.25, 0.3) is 0 Å². The molecule has 1 aromatic heterocycles. The van der Waals surface area contributed by atoms with E-state index in [1.807, 2.05) is 32.0 Å². The molecule has 1 N–H and O–H groups in total. The van der Waals surface area contributed by atoms with E-state index < -0.39 is 15.3 Å². The highest BCUT2D eigenvalue weighted by Crippen LogP contribution is 2.30. The Morgan fingerprint density at radius 3 is 2.50 bits per heavy atom. The van der Waals surface area contributed by atoms with Gasteiger partial charge in [0, 0.05) is 37.8 Å². The summed E-state index contributed by atoms with van der Waals surface area (Å²) in [6, 6.07) is 5.74. The van der Waals surface area contributed by atoms with E-state index in [4.69, 9.17) is 0 Å². The molecule has 0 atom stereocenters. The first kappa shape index (κ1) is 22.7. The molecule has 174 valence electrons. The van der Waals surface area contributed by atoms with Crippen molar-refractivity contribution in [3.05, 3.63) is 41.0 Å². The lowest BCUT2D eigenvalue weighted by Crippen LogP contribution is -2.43. The van der Waals surface area contributed by atoms with E-state index in [9.17, 15) is 13.2 Å². The Morgan fingerprint density at radius 2 is 1.81 bits per heavy atom. The second-order valence-corrected chi connectivity index (χ2v) is 11.5. The molecule has 2 amide bonds. The van der Waals surface area contributed by atoms with Gasteiger partial charge in [0.1, 0.15) is 5.82 Å². The van der Waals surface area contributed by atoms with Gasteiger partial charge in [0.05, 0.1) is 11.8 Å². The minimum atomic E-state index is -3.22. The number of carbonyl (C=O) groups excluding carboxylic acids is 1. The lowest BCUT2D eigenvalue weighted by atomic mass is 9.97. The van der Waals surface area contributed by atoms with Gasteiger partial charge in [-0.2, -0.15) is 0 Å². The Bertz CT molecular complexity index is 1100. The van der Waals surface area contributed by atoms with Crippen LogP contribution in [0.2, 0.25) is 0 Å². The highest BCUT2D eigenvalue weighted by Gasteiger charge is 2.34. The van der Waals surface area contributed by atoms with Gasteiger partial charge in [-0.15, -0.1) is 10.2 Å². The Morgan fingerprint density at radius 1 is 1.09 bits per heavy atom. The monoisotopic (exact) mass is 460 g/mol. The summed E-state index contributed by atoms with van der Waals surface area (Å²) in [6.45, 7) is 10.1. The Kier molecular flexibility index (Phi) is 6.26. The molecule has 3 heterocycles. The zero-order valence-electron chi connectivity index (χ0n) is 19.2. The van der Waals surface area contributed by atoms with Crippen molar-refractivity contribution in [1.29, 1.82) is 0 Å². The Labute approximate surface area is 189 Å². The molecule has 2 aliphatic rings. The zero-order valence-corrected chi connectivity index (χ0v) is 20.0. The van der Waals surface area contributed by atoms with E-state index in [-0.39, 0.29) is 11.9 Å². The minimum absolute atomic E-state index is 0.137. The first-order chi connectivity index (χ1) is 15.2. The number of benzene rings is 1. The summed E-state index contributed by atoms with van der Waals surface area (Å²) in [6.07, 6.45) is 1.47. The van der Waals surface area contributed by atoms with Gasteiger partial charge in [-0.05, 0) is 57.7 Å². The summed E-state index contributed by atoms with van der Waals surface area (Å²) >= 11 is 0. The van der Waals surface area contributed by atoms with Gasteiger partial charge in [0.2, 0.25) is 10.0 Å². The van der Waals surface area contributed by atoms with Crippen LogP contribution in [0.15, 0.2) is 18.2 Å². The second kappa shape index (κ2) is 8.82. The molecule has 0 radical (unpaired) electrons. The van der Waals surface area contributed by atoms with Crippen molar-refractivity contribution >= 4 is 21.7 Å². The molecule has 1 aromatic carbocycles. The molecule has 1 fully saturated rings. The molecular formula is C22H32N6O3S. The zero-order chi connectivity index (χ0) is 23.0. The first-order valence-corrected chi connectivity index (χ1v) is 12.7. The van der Waals surface area contributed by atoms with Crippen LogP contribution in [0, 0.1) is 13.8 Å². The maximum atomic E-state index is 12.8. The van der Waals surface area contributed by atoms with Crippen molar-refractivity contribution < 1.29 is 13.2 Å². The van der Waals surface area contributed by atoms with E-state index in [2.05, 4.69) is 20.1 Å². The second-order valence-electron chi connectivity index (χ2n) is 8.99. The van der Waals surface area contributed by atoms with Gasteiger partial charge in [-0.3, -0.25) is 0 Å². The lowest BCUT2D eigenvalue weighted by molar-refractivity contribution is 0.194. The fourth-order valence-corrected chi connectivity index (χ4v) is 5.72. The van der Waals surface area contributed by atoms with Crippen molar-refractivity contribution in [1.82, 2.24) is 24.0 Å². The molecule has 0 saturated carbocycles. The third-order valence-electron chi connectivity index (χ3n) is 6.69. The van der Waals surface area contributed by atoms with Crippen LogP contribution in [0.1, 0.15) is 55.4 Å². The van der Waals surface area contributed by atoms with Crippen molar-refractivity contribution in [2.75, 3.05) is 25.0 Å². The first-order valence-electron chi connectivity index (χ1n) is 11.2. The van der Waals surface area contributed by atoms with Crippen LogP contribution >= 0.6 is 0 Å². The third kappa shape index (κ3) is 4.25. The van der Waals surface area contributed by atoms with Crippen molar-refractivity contribution in [3.63, 3.8) is 0 Å². The van der Waals surface area contributed by atoms with Gasteiger partial charge < -0.3 is 14.8 Å². The predicted molar refractivity (Wildman–Crippen MR) is 123 cm³/mol. The van der Waals surface area contributed by atoms with Crippen LogP contribution in [0.4, 0.5) is 10.5 Å². The SMILES string of the molecule is Cc1cccc(NC(=O)N2CCn3c(nnc3C3CCN(S(=O)(=O)C(C)C)CC3)C2)c1C. The molecule has 2 aliphatic heterocycles. The number of fused-ring (bicyclic) bond motifs is 1. The number of nitrogens with zero attached hydrogens (tertiary/aromatic N) is 5. The number of carbonyl (C=O) groups is 1. The minimum Gasteiger partial charge on any atom is -0.315 e. The van der Waals surface area contributed by atoms with Crippen LogP contribution in [-0.2, 0) is 23.1 Å². The van der Waals surface area contributed by atoms with Crippen molar-refractivity contribution in [2.45, 2.75) is 64.8 Å². The molecular weight excluding hydrogens is 428 g/mol. The number of aromatic nitrogens is 3. The summed E-state index contributed by atoms with van der Waals surface area (Å²) in [4.78, 5) is 14.6. The number of hydrogen-bond donors (Lipinski definition) is 1. The molecule has 0 bridgehead atoms. The predicted octanol–water partition coefficient (Wildman–Crippen LogP) is 2.86. The van der Waals surface area contributed by atoms with Crippen LogP contribution in [0.3, 0.4) is 0 Å². The van der Waals surface area contributed by atoms with E-state index in [1.54, 1.807) is 23.1 Å². The number of piperidine rings is 1. The van der Waals surface area contributed by atoms with Gasteiger partial charge >= 0.3 is 6.03 Å². The molecule has 1 saturated heterocycles. The van der Waals surface area contributed by atoms with Crippen LogP contribution in [-0.4, -0.2) is 63.3 Å². The number of hydrogen-bond acceptors (Lipinski definition) is 5. The summed E-state index contributed by atoms with van der Waals surface area (Å²) in [5.74, 6) is 1.88. The molecule has 4 rings (SSSR count). The molecule has 0 unspecified atom stereocenters. The highest BCUT2D eigenvalue weighted by molar-refractivity contribution is 7.89. The normalized spacial score (nSPS) is 18.1. The van der Waals surface area contributed by atoms with Gasteiger partial charge in [0.15, 0.2) is 5.82 Å². The summed E-state index contributed by atoms with van der Waals surface area (Å²) < 4.78 is 28.6. The summed E-state index contributed by atoms with van der Waals surface area (Å²) in [5.41, 5.74) is 3.03. The number of anilines is 1. The molecule has 0 aliphatic carbocycles. The fraction of sp³-hybridized carbons (Fsp3) is 0.591. The van der Waals surface area contributed by atoms with E-state index in [0.29, 0.717) is 32.7 Å². The number of amides is 2. The Balaban J connectivity index is 1.40. The number of urea groups is 1. The van der Waals surface area contributed by atoms with E-state index >= 15 is 0 Å². The highest BCUT2D eigenvalue weighted by atomic mass is 32.2. The molecule has 10 heteroatoms. The summed E-state index contributed by atoms with van der Waals surface area (Å²) in [7, 11) is -3.22. The smallest absolute Gasteiger partial charge is 0.315 e. The molecule has 9 nitrogen and oxygen atoms in total. The molecule has 2 aromatic rings. The van der Waals surface area contributed by atoms with Crippen molar-refractivity contribution in [2.24, 2.45) is 0 Å². The maximum Gasteiger partial charge on any atom is 0.322 e. The topological polar surface area (TPSA) is 100 Å². The number of rotatable bonds is 4. The van der Waals surface area contributed by atoms with Gasteiger partial charge in [-0.1, -0.05) is 12.1 Å².